The van der Waals surface area contributed by atoms with Gasteiger partial charge in [-0.1, -0.05) is 24.3 Å². The fourth-order valence-corrected chi connectivity index (χ4v) is 2.49. The molecule has 0 unspecified atom stereocenters. The van der Waals surface area contributed by atoms with Crippen molar-refractivity contribution in [1.29, 1.82) is 0 Å². The first-order valence-corrected chi connectivity index (χ1v) is 6.55. The zero-order valence-electron chi connectivity index (χ0n) is 10.1. The zero-order chi connectivity index (χ0) is 12.3. The maximum Gasteiger partial charge on any atom is 0.0983 e. The van der Waals surface area contributed by atoms with Gasteiger partial charge in [0.15, 0.2) is 0 Å². The van der Waals surface area contributed by atoms with Crippen molar-refractivity contribution in [3.63, 3.8) is 0 Å². The number of nitrogen functional groups attached to an aromatic ring is 1. The fourth-order valence-electron chi connectivity index (χ4n) is 1.52. The Hall–Kier alpha value is -1.48. The van der Waals surface area contributed by atoms with Crippen molar-refractivity contribution in [1.82, 2.24) is 4.98 Å². The summed E-state index contributed by atoms with van der Waals surface area (Å²) in [4.78, 5) is 4.37. The lowest BCUT2D eigenvalue weighted by atomic mass is 10.1. The Morgan fingerprint density at radius 3 is 2.65 bits per heavy atom. The first-order chi connectivity index (χ1) is 8.16. The number of pyridine rings is 1. The van der Waals surface area contributed by atoms with Crippen molar-refractivity contribution >= 4 is 17.4 Å². The Bertz CT molecular complexity index is 523. The molecule has 3 heteroatoms. The molecule has 17 heavy (non-hydrogen) atoms. The summed E-state index contributed by atoms with van der Waals surface area (Å²) < 4.78 is 0. The van der Waals surface area contributed by atoms with Gasteiger partial charge in [0, 0.05) is 17.6 Å². The van der Waals surface area contributed by atoms with E-state index in [2.05, 4.69) is 36.2 Å². The molecule has 1 heterocycles. The molecular weight excluding hydrogens is 228 g/mol. The van der Waals surface area contributed by atoms with Gasteiger partial charge in [0.2, 0.25) is 0 Å². The molecule has 2 rings (SSSR count). The molecule has 0 bridgehead atoms. The highest BCUT2D eigenvalue weighted by atomic mass is 32.2. The van der Waals surface area contributed by atoms with E-state index in [-0.39, 0.29) is 0 Å². The maximum absolute atomic E-state index is 5.87. The summed E-state index contributed by atoms with van der Waals surface area (Å²) >= 11 is 1.72. The molecule has 0 aliphatic carbocycles. The average Bonchev–Trinajstić information content (AvgIpc) is 2.32. The first-order valence-electron chi connectivity index (χ1n) is 5.56. The summed E-state index contributed by atoms with van der Waals surface area (Å²) in [5, 5.41) is 0.983. The van der Waals surface area contributed by atoms with E-state index >= 15 is 0 Å². The summed E-state index contributed by atoms with van der Waals surface area (Å²) in [6.45, 7) is 4.10. The summed E-state index contributed by atoms with van der Waals surface area (Å²) in [5.41, 5.74) is 10.4. The molecule has 1 aromatic carbocycles. The number of nitrogens with two attached hydrogens (primary N) is 1. The third-order valence-electron chi connectivity index (χ3n) is 2.76. The molecule has 0 amide bonds. The van der Waals surface area contributed by atoms with Gasteiger partial charge >= 0.3 is 0 Å². The van der Waals surface area contributed by atoms with Crippen LogP contribution in [-0.4, -0.2) is 4.98 Å². The molecule has 2 nitrogen and oxygen atoms in total. The third kappa shape index (κ3) is 3.01. The Morgan fingerprint density at radius 1 is 1.18 bits per heavy atom. The Labute approximate surface area is 106 Å². The molecule has 2 N–H and O–H groups in total. The van der Waals surface area contributed by atoms with Gasteiger partial charge in [-0.15, -0.1) is 11.8 Å². The largest absolute Gasteiger partial charge is 0.398 e. The molecule has 0 fully saturated rings. The lowest BCUT2D eigenvalue weighted by Crippen LogP contribution is -1.92. The van der Waals surface area contributed by atoms with E-state index in [0.29, 0.717) is 0 Å². The minimum Gasteiger partial charge on any atom is -0.398 e. The molecule has 0 radical (unpaired) electrons. The molecule has 0 aliphatic heterocycles. The van der Waals surface area contributed by atoms with Crippen LogP contribution in [0.1, 0.15) is 16.7 Å². The van der Waals surface area contributed by atoms with Crippen LogP contribution in [0.2, 0.25) is 0 Å². The van der Waals surface area contributed by atoms with Gasteiger partial charge in [0.05, 0.1) is 5.03 Å². The van der Waals surface area contributed by atoms with Crippen LogP contribution in [0.3, 0.4) is 0 Å². The molecule has 0 aliphatic rings. The number of thioether (sulfide) groups is 1. The van der Waals surface area contributed by atoms with Crippen molar-refractivity contribution in [3.05, 3.63) is 53.2 Å². The van der Waals surface area contributed by atoms with Crippen LogP contribution in [0.5, 0.6) is 0 Å². The van der Waals surface area contributed by atoms with Crippen LogP contribution in [0.25, 0.3) is 0 Å². The molecule has 1 aromatic heterocycles. The number of aromatic nitrogens is 1. The first kappa shape index (κ1) is 12.0. The number of hydrogen-bond donors (Lipinski definition) is 1. The minimum absolute atomic E-state index is 0.812. The quantitative estimate of drug-likeness (QED) is 0.839. The zero-order valence-corrected chi connectivity index (χ0v) is 10.9. The van der Waals surface area contributed by atoms with Gasteiger partial charge in [0.1, 0.15) is 0 Å². The predicted octanol–water partition coefficient (Wildman–Crippen LogP) is 3.57. The lowest BCUT2D eigenvalue weighted by Gasteiger charge is -2.06. The predicted molar refractivity (Wildman–Crippen MR) is 74.1 cm³/mol. The summed E-state index contributed by atoms with van der Waals surface area (Å²) in [7, 11) is 0. The summed E-state index contributed by atoms with van der Waals surface area (Å²) in [6.07, 6.45) is 1.83. The number of aryl methyl sites for hydroxylation is 2. The van der Waals surface area contributed by atoms with Gasteiger partial charge in [-0.05, 0) is 36.6 Å². The highest BCUT2D eigenvalue weighted by Gasteiger charge is 2.02. The molecule has 0 saturated heterocycles. The molecule has 88 valence electrons. The standard InChI is InChI=1S/C14H16N2S/c1-10-5-3-4-6-12(10)9-17-14-7-13(15)11(2)8-16-14/h3-8H,9H2,1-2H3,(H2,15,16). The average molecular weight is 244 g/mol. The van der Waals surface area contributed by atoms with Crippen molar-refractivity contribution < 1.29 is 0 Å². The number of hydrogen-bond acceptors (Lipinski definition) is 3. The van der Waals surface area contributed by atoms with Gasteiger partial charge in [0.25, 0.3) is 0 Å². The van der Waals surface area contributed by atoms with E-state index in [9.17, 15) is 0 Å². The lowest BCUT2D eigenvalue weighted by molar-refractivity contribution is 1.11. The normalized spacial score (nSPS) is 10.5. The number of nitrogens with zero attached hydrogens (tertiary/aromatic N) is 1. The van der Waals surface area contributed by atoms with Crippen LogP contribution in [0.4, 0.5) is 5.69 Å². The van der Waals surface area contributed by atoms with E-state index in [4.69, 9.17) is 5.73 Å². The maximum atomic E-state index is 5.87. The van der Waals surface area contributed by atoms with E-state index in [1.807, 2.05) is 19.2 Å². The van der Waals surface area contributed by atoms with Crippen molar-refractivity contribution in [2.45, 2.75) is 24.6 Å². The molecular formula is C14H16N2S. The second-order valence-corrected chi connectivity index (χ2v) is 5.09. The van der Waals surface area contributed by atoms with Gasteiger partial charge in [-0.3, -0.25) is 0 Å². The smallest absolute Gasteiger partial charge is 0.0983 e. The van der Waals surface area contributed by atoms with Gasteiger partial charge < -0.3 is 5.73 Å². The number of anilines is 1. The van der Waals surface area contributed by atoms with Gasteiger partial charge in [-0.2, -0.15) is 0 Å². The van der Waals surface area contributed by atoms with Crippen LogP contribution >= 0.6 is 11.8 Å². The fraction of sp³-hybridized carbons (Fsp3) is 0.214. The second-order valence-electron chi connectivity index (χ2n) is 4.09. The topological polar surface area (TPSA) is 38.9 Å². The molecule has 2 aromatic rings. The minimum atomic E-state index is 0.812. The highest BCUT2D eigenvalue weighted by molar-refractivity contribution is 7.98. The van der Waals surface area contributed by atoms with Crippen molar-refractivity contribution in [2.24, 2.45) is 0 Å². The monoisotopic (exact) mass is 244 g/mol. The number of rotatable bonds is 3. The van der Waals surface area contributed by atoms with Crippen LogP contribution in [0, 0.1) is 13.8 Å². The van der Waals surface area contributed by atoms with Crippen LogP contribution in [0.15, 0.2) is 41.6 Å². The second kappa shape index (κ2) is 5.23. The highest BCUT2D eigenvalue weighted by Crippen LogP contribution is 2.24. The van der Waals surface area contributed by atoms with Crippen molar-refractivity contribution in [3.8, 4) is 0 Å². The van der Waals surface area contributed by atoms with Crippen LogP contribution < -0.4 is 5.73 Å². The Morgan fingerprint density at radius 2 is 1.94 bits per heavy atom. The Kier molecular flexibility index (Phi) is 3.69. The van der Waals surface area contributed by atoms with E-state index in [0.717, 1.165) is 22.0 Å². The third-order valence-corrected chi connectivity index (χ3v) is 3.73. The molecule has 0 saturated carbocycles. The summed E-state index contributed by atoms with van der Waals surface area (Å²) in [6, 6.07) is 10.4. The molecule has 0 spiro atoms. The number of benzene rings is 1. The van der Waals surface area contributed by atoms with Crippen molar-refractivity contribution in [2.75, 3.05) is 5.73 Å². The molecule has 0 atom stereocenters. The van der Waals surface area contributed by atoms with E-state index in [1.54, 1.807) is 11.8 Å². The Balaban J connectivity index is 2.08. The van der Waals surface area contributed by atoms with E-state index in [1.165, 1.54) is 11.1 Å². The summed E-state index contributed by atoms with van der Waals surface area (Å²) in [5.74, 6) is 0.933. The SMILES string of the molecule is Cc1cnc(SCc2ccccc2C)cc1N. The van der Waals surface area contributed by atoms with Crippen LogP contribution in [-0.2, 0) is 5.75 Å². The van der Waals surface area contributed by atoms with E-state index < -0.39 is 0 Å². The van der Waals surface area contributed by atoms with Gasteiger partial charge in [-0.25, -0.2) is 4.98 Å².